The Balaban J connectivity index is 0.000000105. The lowest BCUT2D eigenvalue weighted by atomic mass is 10.0. The van der Waals surface area contributed by atoms with Gasteiger partial charge in [-0.05, 0) is 186 Å². The third-order valence-corrected chi connectivity index (χ3v) is 20.7. The molecule has 0 saturated carbocycles. The zero-order valence-corrected chi connectivity index (χ0v) is 64.3. The van der Waals surface area contributed by atoms with Crippen molar-refractivity contribution in [3.8, 4) is 56.3 Å². The summed E-state index contributed by atoms with van der Waals surface area (Å²) in [4.78, 5) is 23.2. The van der Waals surface area contributed by atoms with Crippen LogP contribution in [-0.2, 0) is 35.2 Å². The molecule has 15 heteroatoms. The molecule has 0 aliphatic carbocycles. The summed E-state index contributed by atoms with van der Waals surface area (Å²) in [7, 11) is 10.3. The van der Waals surface area contributed by atoms with Crippen LogP contribution in [0.3, 0.4) is 0 Å². The molecule has 0 spiro atoms. The minimum Gasteiger partial charge on any atom is -0.455 e. The molecule has 0 bridgehead atoms. The topological polar surface area (TPSA) is 150 Å². The number of para-hydroxylation sites is 1. The summed E-state index contributed by atoms with van der Waals surface area (Å²) in [5, 5.41) is 6.47. The van der Waals surface area contributed by atoms with E-state index in [1.54, 1.807) is 6.20 Å². The van der Waals surface area contributed by atoms with Gasteiger partial charge in [-0.25, -0.2) is 37.8 Å². The van der Waals surface area contributed by atoms with Crippen LogP contribution in [0, 0.1) is 48.5 Å². The van der Waals surface area contributed by atoms with E-state index in [1.165, 1.54) is 22.3 Å². The van der Waals surface area contributed by atoms with E-state index in [1.807, 2.05) is 137 Å². The first-order valence-corrected chi connectivity index (χ1v) is 37.1. The average molecular weight is 1450 g/mol. The van der Waals surface area contributed by atoms with Gasteiger partial charge in [-0.2, -0.15) is 0 Å². The number of nitrogens with zero attached hydrogens (tertiary/aromatic N) is 10. The van der Waals surface area contributed by atoms with Crippen molar-refractivity contribution in [2.45, 2.75) is 68.2 Å². The van der Waals surface area contributed by atoms with Crippen molar-refractivity contribution in [3.05, 3.63) is 301 Å². The summed E-state index contributed by atoms with van der Waals surface area (Å²) < 4.78 is 41.3. The smallest absolute Gasteiger partial charge is 0.217 e. The molecular formula is C95H85N10O5+5. The first kappa shape index (κ1) is 70.9. The van der Waals surface area contributed by atoms with Crippen LogP contribution in [0.2, 0.25) is 0 Å². The Bertz CT molecular complexity index is 6630. The van der Waals surface area contributed by atoms with E-state index in [9.17, 15) is 0 Å². The van der Waals surface area contributed by atoms with E-state index < -0.39 is 0 Å². The Morgan fingerprint density at radius 3 is 1.00 bits per heavy atom. The van der Waals surface area contributed by atoms with Crippen molar-refractivity contribution in [1.82, 2.24) is 24.9 Å². The van der Waals surface area contributed by atoms with Gasteiger partial charge in [0.05, 0.1) is 27.9 Å². The van der Waals surface area contributed by atoms with E-state index in [-0.39, 0.29) is 0 Å². The average Bonchev–Trinajstić information content (AvgIpc) is 1.64. The molecule has 540 valence electrons. The number of aromatic nitrogens is 10. The second-order valence-electron chi connectivity index (χ2n) is 28.7. The van der Waals surface area contributed by atoms with Crippen molar-refractivity contribution in [1.29, 1.82) is 0 Å². The lowest BCUT2D eigenvalue weighted by molar-refractivity contribution is -0.660. The van der Waals surface area contributed by atoms with Gasteiger partial charge in [-0.1, -0.05) is 56.3 Å². The number of furan rings is 5. The van der Waals surface area contributed by atoms with Crippen LogP contribution in [0.5, 0.6) is 0 Å². The van der Waals surface area contributed by atoms with Gasteiger partial charge in [-0.3, -0.25) is 9.97 Å². The Hall–Kier alpha value is -13.4. The number of rotatable bonds is 6. The fourth-order valence-electron chi connectivity index (χ4n) is 15.0. The number of hydrogen-bond donors (Lipinski definition) is 0. The summed E-state index contributed by atoms with van der Waals surface area (Å²) in [6.07, 6.45) is 14.0. The number of aryl methyl sites for hydroxylation is 12. The van der Waals surface area contributed by atoms with Crippen LogP contribution in [0.1, 0.15) is 64.8 Å². The van der Waals surface area contributed by atoms with Crippen molar-refractivity contribution >= 4 is 110 Å². The largest absolute Gasteiger partial charge is 0.455 e. The van der Waals surface area contributed by atoms with Crippen LogP contribution >= 0.6 is 0 Å². The van der Waals surface area contributed by atoms with Gasteiger partial charge in [0.2, 0.25) is 28.5 Å². The Labute approximate surface area is 636 Å². The summed E-state index contributed by atoms with van der Waals surface area (Å²) >= 11 is 0. The Morgan fingerprint density at radius 1 is 0.273 bits per heavy atom. The van der Waals surface area contributed by atoms with Gasteiger partial charge in [0.25, 0.3) is 0 Å². The zero-order chi connectivity index (χ0) is 76.2. The number of hydrogen-bond acceptors (Lipinski definition) is 10. The molecule has 0 aliphatic rings. The molecule has 0 saturated heterocycles. The van der Waals surface area contributed by atoms with Crippen molar-refractivity contribution < 1.29 is 44.9 Å². The maximum absolute atomic E-state index is 6.23. The van der Waals surface area contributed by atoms with Crippen LogP contribution in [0.4, 0.5) is 0 Å². The zero-order valence-electron chi connectivity index (χ0n) is 64.3. The molecule has 5 aromatic carbocycles. The van der Waals surface area contributed by atoms with E-state index >= 15 is 0 Å². The molecule has 0 unspecified atom stereocenters. The van der Waals surface area contributed by atoms with Crippen molar-refractivity contribution in [3.63, 3.8) is 0 Å². The highest BCUT2D eigenvalue weighted by molar-refractivity contribution is 6.12. The minimum absolute atomic E-state index is 0.399. The van der Waals surface area contributed by atoms with Crippen molar-refractivity contribution in [2.24, 2.45) is 35.2 Å². The lowest BCUT2D eigenvalue weighted by Gasteiger charge is -2.05. The SMILES string of the molecule is Cc1ccc2c(oc3ccc(C(C)C)nc32)c1-c1cccc[n+]1C.Cc1ccc2c(oc3cccnc32)c1-c1cccc[n+]1C.Cc1ccc2oc3c(-c4cccc[n+]4C)c(C)ccc3c2n1.Cc1ccc2oc3c(-c4cccc[n+]4C)c(C)ccc3c2n1.Cc1ncc2c(oc3ccccc32)c1-c1cccc[n+]1C. The highest BCUT2D eigenvalue weighted by Crippen LogP contribution is 2.42. The first-order chi connectivity index (χ1) is 53.4. The van der Waals surface area contributed by atoms with Gasteiger partial charge in [-0.15, -0.1) is 0 Å². The highest BCUT2D eigenvalue weighted by atomic mass is 16.3. The number of fused-ring (bicyclic) bond motifs is 15. The Morgan fingerprint density at radius 2 is 0.600 bits per heavy atom. The minimum atomic E-state index is 0.399. The molecule has 0 amide bonds. The van der Waals surface area contributed by atoms with E-state index in [0.29, 0.717) is 5.92 Å². The van der Waals surface area contributed by atoms with E-state index in [4.69, 9.17) is 27.1 Å². The van der Waals surface area contributed by atoms with Crippen molar-refractivity contribution in [2.75, 3.05) is 0 Å². The molecule has 0 fully saturated rings. The van der Waals surface area contributed by atoms with Crippen LogP contribution < -0.4 is 22.8 Å². The predicted octanol–water partition coefficient (Wildman–Crippen LogP) is 20.6. The van der Waals surface area contributed by atoms with Crippen LogP contribution in [0.15, 0.2) is 278 Å². The number of benzene rings is 5. The van der Waals surface area contributed by atoms with Gasteiger partial charge in [0, 0.05) is 122 Å². The molecule has 0 N–H and O–H groups in total. The fraction of sp³-hybridized carbons (Fsp3) is 0.158. The molecule has 0 radical (unpaired) electrons. The fourth-order valence-corrected chi connectivity index (χ4v) is 15.0. The maximum atomic E-state index is 6.23. The molecular weight excluding hydrogens is 1360 g/mol. The third kappa shape index (κ3) is 13.1. The summed E-state index contributed by atoms with van der Waals surface area (Å²) in [5.41, 5.74) is 32.7. The lowest BCUT2D eigenvalue weighted by Crippen LogP contribution is -2.30. The molecule has 20 rings (SSSR count). The molecule has 0 atom stereocenters. The standard InChI is InChI=1S/C21H21N2O.2C19H17N2O.2C18H15N2O/c1-13(2)16-10-11-18-20(22-16)15-9-8-14(3)19(21(15)24-18)17-7-5-6-12-23(17)4;2*1-12-7-9-14-18-16(10-8-13(2)20-18)22-19(14)17(12)15-6-4-5-11-21(15)3;1-12-17(15-8-5-6-10-20(15)2)18-14(11-19-12)13-7-3-4-9-16(13)21-18;1-12-8-9-13-17-15(7-5-10-19-17)21-18(13)16(12)14-6-3-4-11-20(14)2/h5-13H,1-4H3;2*4-11H,1-3H3;2*3-11H,1-2H3/q5*+1. The van der Waals surface area contributed by atoms with Crippen LogP contribution in [0.25, 0.3) is 167 Å². The van der Waals surface area contributed by atoms with Gasteiger partial charge < -0.3 is 22.1 Å². The number of pyridine rings is 10. The second kappa shape index (κ2) is 29.4. The summed E-state index contributed by atoms with van der Waals surface area (Å²) in [6, 6.07) is 72.0. The Kier molecular flexibility index (Phi) is 18.9. The molecule has 15 aromatic heterocycles. The quantitative estimate of drug-likeness (QED) is 0.147. The monoisotopic (exact) mass is 1450 g/mol. The predicted molar refractivity (Wildman–Crippen MR) is 438 cm³/mol. The van der Waals surface area contributed by atoms with Gasteiger partial charge >= 0.3 is 0 Å². The highest BCUT2D eigenvalue weighted by Gasteiger charge is 2.27. The molecule has 0 aliphatic heterocycles. The normalized spacial score (nSPS) is 11.4. The molecule has 15 heterocycles. The summed E-state index contributed by atoms with van der Waals surface area (Å²) in [6.45, 7) is 18.8. The van der Waals surface area contributed by atoms with Gasteiger partial charge in [0.1, 0.15) is 68.5 Å². The molecule has 110 heavy (non-hydrogen) atoms. The van der Waals surface area contributed by atoms with Crippen LogP contribution in [-0.4, -0.2) is 24.9 Å². The molecule has 20 aromatic rings. The first-order valence-electron chi connectivity index (χ1n) is 37.1. The maximum Gasteiger partial charge on any atom is 0.217 e. The third-order valence-electron chi connectivity index (χ3n) is 20.7. The van der Waals surface area contributed by atoms with E-state index in [0.717, 1.165) is 189 Å². The van der Waals surface area contributed by atoms with E-state index in [2.05, 4.69) is 253 Å². The molecule has 15 nitrogen and oxygen atoms in total. The second-order valence-corrected chi connectivity index (χ2v) is 28.7. The summed E-state index contributed by atoms with van der Waals surface area (Å²) in [5.74, 6) is 0.399. The van der Waals surface area contributed by atoms with Gasteiger partial charge in [0.15, 0.2) is 81.2 Å².